The molecule has 3 aromatic rings. The van der Waals surface area contributed by atoms with Gasteiger partial charge in [-0.2, -0.15) is 4.68 Å². The molecule has 0 radical (unpaired) electrons. The average molecular weight is 367 g/mol. The summed E-state index contributed by atoms with van der Waals surface area (Å²) in [4.78, 5) is 12.7. The van der Waals surface area contributed by atoms with E-state index in [-0.39, 0.29) is 11.5 Å². The highest BCUT2D eigenvalue weighted by Gasteiger charge is 2.17. The Bertz CT molecular complexity index is 939. The van der Waals surface area contributed by atoms with Crippen molar-refractivity contribution in [3.63, 3.8) is 0 Å². The van der Waals surface area contributed by atoms with Gasteiger partial charge in [0, 0.05) is 23.5 Å². The number of hydrogen-bond donors (Lipinski definition) is 0. The van der Waals surface area contributed by atoms with E-state index in [9.17, 15) is 4.79 Å². The second kappa shape index (κ2) is 7.70. The van der Waals surface area contributed by atoms with Crippen molar-refractivity contribution in [2.45, 2.75) is 32.5 Å². The van der Waals surface area contributed by atoms with Gasteiger partial charge in [0.1, 0.15) is 0 Å². The highest BCUT2D eigenvalue weighted by molar-refractivity contribution is 7.99. The highest BCUT2D eigenvalue weighted by Crippen LogP contribution is 2.22. The first-order valence-corrected chi connectivity index (χ1v) is 9.29. The first-order valence-electron chi connectivity index (χ1n) is 8.30. The normalized spacial score (nSPS) is 10.9. The van der Waals surface area contributed by atoms with E-state index in [0.29, 0.717) is 11.7 Å². The number of tetrazole rings is 1. The third-order valence-corrected chi connectivity index (χ3v) is 5.16. The molecule has 3 rings (SSSR count). The number of aryl methyl sites for hydroxylation is 2. The van der Waals surface area contributed by atoms with E-state index < -0.39 is 0 Å². The van der Waals surface area contributed by atoms with E-state index >= 15 is 0 Å². The van der Waals surface area contributed by atoms with Crippen LogP contribution in [0.2, 0.25) is 0 Å². The van der Waals surface area contributed by atoms with Gasteiger partial charge in [-0.05, 0) is 49.4 Å². The van der Waals surface area contributed by atoms with E-state index in [2.05, 4.69) is 26.7 Å². The summed E-state index contributed by atoms with van der Waals surface area (Å²) in [6.45, 7) is 10.5. The van der Waals surface area contributed by atoms with Crippen LogP contribution in [0.4, 0.5) is 0 Å². The van der Waals surface area contributed by atoms with Crippen LogP contribution in [0.1, 0.15) is 27.3 Å². The van der Waals surface area contributed by atoms with Gasteiger partial charge in [0.05, 0.1) is 11.4 Å². The Morgan fingerprint density at radius 2 is 1.96 bits per heavy atom. The third-order valence-electron chi connectivity index (χ3n) is 4.24. The number of rotatable bonds is 7. The fourth-order valence-corrected chi connectivity index (χ4v) is 3.59. The Kier molecular flexibility index (Phi) is 5.37. The lowest BCUT2D eigenvalue weighted by molar-refractivity contribution is 0.102. The van der Waals surface area contributed by atoms with E-state index in [1.165, 1.54) is 17.3 Å². The minimum atomic E-state index is 0.0665. The number of thioether (sulfide) groups is 1. The zero-order chi connectivity index (χ0) is 18.7. The predicted molar refractivity (Wildman–Crippen MR) is 103 cm³/mol. The lowest BCUT2D eigenvalue weighted by atomic mass is 10.2. The molecule has 6 nitrogen and oxygen atoms in total. The maximum absolute atomic E-state index is 12.7. The number of hydrogen-bond acceptors (Lipinski definition) is 5. The van der Waals surface area contributed by atoms with Crippen molar-refractivity contribution in [3.8, 4) is 5.69 Å². The highest BCUT2D eigenvalue weighted by atomic mass is 32.2. The number of Topliss-reactive ketones (excluding diaryl/α,β-unsaturated/α-hetero) is 1. The van der Waals surface area contributed by atoms with Crippen LogP contribution in [-0.2, 0) is 6.54 Å². The molecule has 0 amide bonds. The van der Waals surface area contributed by atoms with Gasteiger partial charge < -0.3 is 4.57 Å². The van der Waals surface area contributed by atoms with Gasteiger partial charge in [0.2, 0.25) is 5.16 Å². The predicted octanol–water partition coefficient (Wildman–Crippen LogP) is 3.55. The number of benzene rings is 1. The van der Waals surface area contributed by atoms with Crippen LogP contribution in [0.3, 0.4) is 0 Å². The van der Waals surface area contributed by atoms with Gasteiger partial charge in [0.25, 0.3) is 0 Å². The van der Waals surface area contributed by atoms with Crippen LogP contribution < -0.4 is 0 Å². The molecule has 0 N–H and O–H groups in total. The molecule has 134 valence electrons. The van der Waals surface area contributed by atoms with Crippen LogP contribution in [0.5, 0.6) is 0 Å². The SMILES string of the molecule is C=CCn1c(C)cc(C(=O)CSc2nnnn2-c2ccc(C)cc2)c1C. The Labute approximate surface area is 156 Å². The summed E-state index contributed by atoms with van der Waals surface area (Å²) in [5.74, 6) is 0.349. The molecule has 1 aromatic carbocycles. The zero-order valence-corrected chi connectivity index (χ0v) is 16.0. The Morgan fingerprint density at radius 1 is 1.23 bits per heavy atom. The molecule has 7 heteroatoms. The number of carbonyl (C=O) groups is 1. The second-order valence-electron chi connectivity index (χ2n) is 6.10. The molecule has 0 atom stereocenters. The van der Waals surface area contributed by atoms with Gasteiger partial charge in [-0.15, -0.1) is 11.7 Å². The average Bonchev–Trinajstić information content (AvgIpc) is 3.20. The molecule has 0 aliphatic heterocycles. The molecule has 0 saturated heterocycles. The quantitative estimate of drug-likeness (QED) is 0.363. The number of ketones is 1. The molecule has 0 aliphatic rings. The summed E-state index contributed by atoms with van der Waals surface area (Å²) in [5, 5.41) is 12.4. The van der Waals surface area contributed by atoms with E-state index in [0.717, 1.165) is 22.6 Å². The minimum Gasteiger partial charge on any atom is -0.345 e. The summed E-state index contributed by atoms with van der Waals surface area (Å²) >= 11 is 1.34. The maximum atomic E-state index is 12.7. The van der Waals surface area contributed by atoms with Crippen molar-refractivity contribution >= 4 is 17.5 Å². The Hall–Kier alpha value is -2.67. The number of allylic oxidation sites excluding steroid dienone is 1. The number of carbonyl (C=O) groups excluding carboxylic acids is 1. The molecule has 0 unspecified atom stereocenters. The van der Waals surface area contributed by atoms with Crippen molar-refractivity contribution in [1.82, 2.24) is 24.8 Å². The molecule has 0 fully saturated rings. The Balaban J connectivity index is 1.75. The maximum Gasteiger partial charge on any atom is 0.214 e. The van der Waals surface area contributed by atoms with Crippen LogP contribution in [0.25, 0.3) is 5.69 Å². The number of nitrogens with zero attached hydrogens (tertiary/aromatic N) is 5. The summed E-state index contributed by atoms with van der Waals surface area (Å²) < 4.78 is 3.74. The van der Waals surface area contributed by atoms with Gasteiger partial charge in [-0.1, -0.05) is 35.5 Å². The number of aromatic nitrogens is 5. The summed E-state index contributed by atoms with van der Waals surface area (Å²) in [5.41, 5.74) is 4.80. The smallest absolute Gasteiger partial charge is 0.214 e. The van der Waals surface area contributed by atoms with Crippen molar-refractivity contribution < 1.29 is 4.79 Å². The van der Waals surface area contributed by atoms with E-state index in [1.807, 2.05) is 57.2 Å². The molecule has 2 aromatic heterocycles. The molecule has 0 bridgehead atoms. The van der Waals surface area contributed by atoms with E-state index in [4.69, 9.17) is 0 Å². The second-order valence-corrected chi connectivity index (χ2v) is 7.05. The van der Waals surface area contributed by atoms with Crippen LogP contribution in [-0.4, -0.2) is 36.3 Å². The van der Waals surface area contributed by atoms with Crippen molar-refractivity contribution in [1.29, 1.82) is 0 Å². The molecular weight excluding hydrogens is 346 g/mol. The first-order chi connectivity index (χ1) is 12.5. The van der Waals surface area contributed by atoms with Gasteiger partial charge in [-0.3, -0.25) is 4.79 Å². The van der Waals surface area contributed by atoms with Gasteiger partial charge >= 0.3 is 0 Å². The van der Waals surface area contributed by atoms with Crippen LogP contribution in [0, 0.1) is 20.8 Å². The summed E-state index contributed by atoms with van der Waals surface area (Å²) in [7, 11) is 0. The monoisotopic (exact) mass is 367 g/mol. The van der Waals surface area contributed by atoms with Crippen LogP contribution >= 0.6 is 11.8 Å². The molecule has 2 heterocycles. The first kappa shape index (κ1) is 18.1. The molecule has 26 heavy (non-hydrogen) atoms. The van der Waals surface area contributed by atoms with Crippen LogP contribution in [0.15, 0.2) is 48.1 Å². The summed E-state index contributed by atoms with van der Waals surface area (Å²) in [6, 6.07) is 9.86. The lowest BCUT2D eigenvalue weighted by Gasteiger charge is -2.06. The topological polar surface area (TPSA) is 65.6 Å². The van der Waals surface area contributed by atoms with Gasteiger partial charge in [0.15, 0.2) is 5.78 Å². The fraction of sp³-hybridized carbons (Fsp3) is 0.263. The largest absolute Gasteiger partial charge is 0.345 e. The lowest BCUT2D eigenvalue weighted by Crippen LogP contribution is -2.07. The van der Waals surface area contributed by atoms with E-state index in [1.54, 1.807) is 4.68 Å². The standard InChI is InChI=1S/C19H21N5OS/c1-5-10-23-14(3)11-17(15(23)4)18(25)12-26-19-20-21-22-24(19)16-8-6-13(2)7-9-16/h5-9,11H,1,10,12H2,2-4H3. The zero-order valence-electron chi connectivity index (χ0n) is 15.1. The molecule has 0 saturated carbocycles. The fourth-order valence-electron chi connectivity index (χ4n) is 2.82. The van der Waals surface area contributed by atoms with Crippen molar-refractivity contribution in [2.24, 2.45) is 0 Å². The van der Waals surface area contributed by atoms with Gasteiger partial charge in [-0.25, -0.2) is 0 Å². The molecule has 0 spiro atoms. The third kappa shape index (κ3) is 3.62. The van der Waals surface area contributed by atoms with Crippen molar-refractivity contribution in [3.05, 3.63) is 65.5 Å². The minimum absolute atomic E-state index is 0.0665. The molecule has 0 aliphatic carbocycles. The molecular formula is C19H21N5OS. The van der Waals surface area contributed by atoms with Crippen molar-refractivity contribution in [2.75, 3.05) is 5.75 Å². The summed E-state index contributed by atoms with van der Waals surface area (Å²) in [6.07, 6.45) is 1.83. The Morgan fingerprint density at radius 3 is 2.65 bits per heavy atom.